The lowest BCUT2D eigenvalue weighted by Crippen LogP contribution is -2.49. The Morgan fingerprint density at radius 1 is 0.917 bits per heavy atom. The maximum atomic E-state index is 12.5. The van der Waals surface area contributed by atoms with Crippen LogP contribution in [0.25, 0.3) is 0 Å². The van der Waals surface area contributed by atoms with Gasteiger partial charge >= 0.3 is 18.0 Å². The van der Waals surface area contributed by atoms with Crippen molar-refractivity contribution in [3.63, 3.8) is 0 Å². The highest BCUT2D eigenvalue weighted by atomic mass is 19.4. The highest BCUT2D eigenvalue weighted by Gasteiger charge is 2.31. The van der Waals surface area contributed by atoms with Crippen molar-refractivity contribution in [3.8, 4) is 0 Å². The number of amides is 2. The van der Waals surface area contributed by atoms with E-state index in [2.05, 4.69) is 10.6 Å². The zero-order chi connectivity index (χ0) is 18.8. The molecule has 7 heteroatoms. The fourth-order valence-corrected chi connectivity index (χ4v) is 2.66. The van der Waals surface area contributed by atoms with Crippen LogP contribution in [-0.4, -0.2) is 17.4 Å². The summed E-state index contributed by atoms with van der Waals surface area (Å²) in [7, 11) is 0. The molecule has 1 aromatic carbocycles. The molecular weight excluding hydrogens is 321 g/mol. The van der Waals surface area contributed by atoms with Crippen molar-refractivity contribution in [3.05, 3.63) is 29.8 Å². The first-order valence-corrected chi connectivity index (χ1v) is 7.50. The topological polar surface area (TPSA) is 58.2 Å². The molecule has 0 aliphatic rings. The molecule has 0 aliphatic heterocycles. The van der Waals surface area contributed by atoms with Crippen molar-refractivity contribution in [1.29, 1.82) is 0 Å². The molecule has 0 radical (unpaired) electrons. The Morgan fingerprint density at radius 3 is 1.83 bits per heavy atom. The van der Waals surface area contributed by atoms with Gasteiger partial charge in [0, 0.05) is 11.2 Å². The second kappa shape index (κ2) is 6.83. The molecule has 2 N–H and O–H groups in total. The van der Waals surface area contributed by atoms with Gasteiger partial charge in [-0.2, -0.15) is 13.2 Å². The molecule has 1 rings (SSSR count). The smallest absolute Gasteiger partial charge is 0.343 e. The Bertz CT molecular complexity index is 600. The Hall–Kier alpha value is -2.05. The molecule has 0 unspecified atom stereocenters. The summed E-state index contributed by atoms with van der Waals surface area (Å²) in [6, 6.07) is 3.90. The molecule has 0 aromatic heterocycles. The second-order valence-corrected chi connectivity index (χ2v) is 7.60. The van der Waals surface area contributed by atoms with Gasteiger partial charge < -0.3 is 10.6 Å². The number of hydrogen-bond acceptors (Lipinski definition) is 2. The molecule has 1 aromatic rings. The van der Waals surface area contributed by atoms with Crippen molar-refractivity contribution in [1.82, 2.24) is 5.32 Å². The van der Waals surface area contributed by atoms with Gasteiger partial charge in [-0.3, -0.25) is 9.59 Å². The number of anilines is 1. The third kappa shape index (κ3) is 6.60. The maximum absolute atomic E-state index is 12.5. The minimum Gasteiger partial charge on any atom is -0.343 e. The first-order chi connectivity index (χ1) is 10.7. The molecule has 0 spiro atoms. The summed E-state index contributed by atoms with van der Waals surface area (Å²) in [5, 5.41) is 4.92. The molecule has 134 valence electrons. The van der Waals surface area contributed by atoms with E-state index in [-0.39, 0.29) is 11.1 Å². The van der Waals surface area contributed by atoms with E-state index in [1.807, 2.05) is 34.6 Å². The van der Waals surface area contributed by atoms with Crippen LogP contribution < -0.4 is 10.6 Å². The molecule has 0 bridgehead atoms. The lowest BCUT2D eigenvalue weighted by Gasteiger charge is -2.33. The third-order valence-electron chi connectivity index (χ3n) is 3.10. The number of benzene rings is 1. The Balaban J connectivity index is 2.69. The summed E-state index contributed by atoms with van der Waals surface area (Å²) in [6.45, 7) is 9.67. The van der Waals surface area contributed by atoms with E-state index in [9.17, 15) is 22.8 Å². The number of alkyl halides is 3. The number of halogens is 3. The Kier molecular flexibility index (Phi) is 5.69. The predicted molar refractivity (Wildman–Crippen MR) is 86.4 cm³/mol. The lowest BCUT2D eigenvalue weighted by atomic mass is 9.82. The van der Waals surface area contributed by atoms with Crippen LogP contribution in [0.4, 0.5) is 18.9 Å². The number of carbonyl (C=O) groups is 2. The molecule has 0 aliphatic carbocycles. The first kappa shape index (κ1) is 20.0. The quantitative estimate of drug-likeness (QED) is 0.815. The first-order valence-electron chi connectivity index (χ1n) is 7.50. The van der Waals surface area contributed by atoms with Crippen LogP contribution in [0.5, 0.6) is 0 Å². The zero-order valence-electron chi connectivity index (χ0n) is 14.5. The summed E-state index contributed by atoms with van der Waals surface area (Å²) in [5.41, 5.74) is -1.33. The molecule has 0 saturated heterocycles. The second-order valence-electron chi connectivity index (χ2n) is 7.60. The van der Waals surface area contributed by atoms with Gasteiger partial charge in [-0.25, -0.2) is 0 Å². The SMILES string of the molecule is CC(C)(C)CC(C)(C)NC(=O)C(=O)Nc1ccc(C(F)(F)F)cc1. The molecule has 0 heterocycles. The van der Waals surface area contributed by atoms with Crippen LogP contribution in [0.3, 0.4) is 0 Å². The lowest BCUT2D eigenvalue weighted by molar-refractivity contribution is -0.137. The van der Waals surface area contributed by atoms with Crippen molar-refractivity contribution < 1.29 is 22.8 Å². The maximum Gasteiger partial charge on any atom is 0.416 e. The van der Waals surface area contributed by atoms with E-state index in [1.54, 1.807) is 0 Å². The van der Waals surface area contributed by atoms with E-state index in [1.165, 1.54) is 0 Å². The minimum absolute atomic E-state index is 0.0410. The van der Waals surface area contributed by atoms with E-state index >= 15 is 0 Å². The standard InChI is InChI=1S/C17H23F3N2O2/c1-15(2,3)10-16(4,5)22-14(24)13(23)21-12-8-6-11(7-9-12)17(18,19)20/h6-9H,10H2,1-5H3,(H,21,23)(H,22,24). The van der Waals surface area contributed by atoms with Crippen LogP contribution in [-0.2, 0) is 15.8 Å². The van der Waals surface area contributed by atoms with E-state index in [0.717, 1.165) is 24.3 Å². The monoisotopic (exact) mass is 344 g/mol. The van der Waals surface area contributed by atoms with Crippen LogP contribution in [0.15, 0.2) is 24.3 Å². The fourth-order valence-electron chi connectivity index (χ4n) is 2.66. The molecule has 2 amide bonds. The molecule has 24 heavy (non-hydrogen) atoms. The van der Waals surface area contributed by atoms with Crippen molar-refractivity contribution in [2.24, 2.45) is 5.41 Å². The van der Waals surface area contributed by atoms with Crippen LogP contribution in [0, 0.1) is 5.41 Å². The number of rotatable bonds is 3. The number of nitrogens with one attached hydrogen (secondary N) is 2. The van der Waals surface area contributed by atoms with Gasteiger partial charge in [0.15, 0.2) is 0 Å². The molecule has 0 atom stereocenters. The summed E-state index contributed by atoms with van der Waals surface area (Å²) in [6.07, 6.45) is -3.80. The van der Waals surface area contributed by atoms with E-state index in [4.69, 9.17) is 0 Å². The van der Waals surface area contributed by atoms with Crippen molar-refractivity contribution in [2.75, 3.05) is 5.32 Å². The predicted octanol–water partition coefficient (Wildman–Crippen LogP) is 3.97. The van der Waals surface area contributed by atoms with Gasteiger partial charge in [-0.15, -0.1) is 0 Å². The normalized spacial score (nSPS) is 12.7. The van der Waals surface area contributed by atoms with Gasteiger partial charge in [0.25, 0.3) is 0 Å². The summed E-state index contributed by atoms with van der Waals surface area (Å²) in [4.78, 5) is 23.9. The largest absolute Gasteiger partial charge is 0.416 e. The van der Waals surface area contributed by atoms with Gasteiger partial charge in [0.1, 0.15) is 0 Å². The Morgan fingerprint density at radius 2 is 1.42 bits per heavy atom. The minimum atomic E-state index is -4.45. The number of hydrogen-bond donors (Lipinski definition) is 2. The van der Waals surface area contributed by atoms with Crippen molar-refractivity contribution in [2.45, 2.75) is 52.8 Å². The molecular formula is C17H23F3N2O2. The summed E-state index contributed by atoms with van der Waals surface area (Å²) < 4.78 is 37.4. The van der Waals surface area contributed by atoms with Gasteiger partial charge in [0.2, 0.25) is 0 Å². The fraction of sp³-hybridized carbons (Fsp3) is 0.529. The van der Waals surface area contributed by atoms with Gasteiger partial charge in [-0.1, -0.05) is 20.8 Å². The molecule has 0 fully saturated rings. The van der Waals surface area contributed by atoms with E-state index < -0.39 is 29.1 Å². The molecule has 4 nitrogen and oxygen atoms in total. The highest BCUT2D eigenvalue weighted by Crippen LogP contribution is 2.30. The van der Waals surface area contributed by atoms with Crippen LogP contribution in [0.1, 0.15) is 46.6 Å². The van der Waals surface area contributed by atoms with Gasteiger partial charge in [0.05, 0.1) is 5.56 Å². The Labute approximate surface area is 139 Å². The van der Waals surface area contributed by atoms with Gasteiger partial charge in [-0.05, 0) is 49.9 Å². The zero-order valence-corrected chi connectivity index (χ0v) is 14.5. The average Bonchev–Trinajstić information content (AvgIpc) is 2.34. The highest BCUT2D eigenvalue weighted by molar-refractivity contribution is 6.39. The molecule has 0 saturated carbocycles. The summed E-state index contributed by atoms with van der Waals surface area (Å²) in [5.74, 6) is -1.75. The van der Waals surface area contributed by atoms with Crippen LogP contribution >= 0.6 is 0 Å². The number of carbonyl (C=O) groups excluding carboxylic acids is 2. The van der Waals surface area contributed by atoms with Crippen molar-refractivity contribution >= 4 is 17.5 Å². The van der Waals surface area contributed by atoms with E-state index in [0.29, 0.717) is 6.42 Å². The third-order valence-corrected chi connectivity index (χ3v) is 3.10. The average molecular weight is 344 g/mol. The summed E-state index contributed by atoms with van der Waals surface area (Å²) >= 11 is 0. The van der Waals surface area contributed by atoms with Crippen LogP contribution in [0.2, 0.25) is 0 Å².